The maximum absolute atomic E-state index is 14.5. The molecule has 0 bridgehead atoms. The van der Waals surface area contributed by atoms with Crippen LogP contribution in [-0.2, 0) is 9.59 Å². The van der Waals surface area contributed by atoms with Gasteiger partial charge in [0.15, 0.2) is 5.17 Å². The van der Waals surface area contributed by atoms with Crippen LogP contribution in [0.3, 0.4) is 0 Å². The van der Waals surface area contributed by atoms with Gasteiger partial charge in [-0.05, 0) is 23.9 Å². The molecule has 1 aromatic carbocycles. The predicted octanol–water partition coefficient (Wildman–Crippen LogP) is 0.848. The quantitative estimate of drug-likeness (QED) is 0.718. The molecule has 8 nitrogen and oxygen atoms in total. The Morgan fingerprint density at radius 3 is 2.38 bits per heavy atom. The van der Waals surface area contributed by atoms with Crippen molar-refractivity contribution in [2.45, 2.75) is 0 Å². The van der Waals surface area contributed by atoms with Gasteiger partial charge in [-0.1, -0.05) is 0 Å². The molecule has 2 aromatic rings. The maximum atomic E-state index is 14.5. The molecule has 0 atom stereocenters. The first-order valence-corrected chi connectivity index (χ1v) is 8.65. The minimum Gasteiger partial charge on any atom is -0.416 e. The largest absolute Gasteiger partial charge is 0.423 e. The first kappa shape index (κ1) is 16.6. The summed E-state index contributed by atoms with van der Waals surface area (Å²) in [6.07, 6.45) is 2.67. The Labute approximate surface area is 150 Å². The molecule has 1 aromatic heterocycles. The Morgan fingerprint density at radius 2 is 1.81 bits per heavy atom. The number of oxazole rings is 1. The molecule has 26 heavy (non-hydrogen) atoms. The van der Waals surface area contributed by atoms with Gasteiger partial charge in [0.05, 0.1) is 17.6 Å². The van der Waals surface area contributed by atoms with Crippen LogP contribution >= 0.6 is 11.8 Å². The second-order valence-electron chi connectivity index (χ2n) is 5.74. The van der Waals surface area contributed by atoms with E-state index in [1.165, 1.54) is 23.1 Å². The molecule has 4 rings (SSSR count). The topological polar surface area (TPSA) is 88.1 Å². The Hall–Kier alpha value is -2.88. The molecule has 1 amide bonds. The zero-order chi connectivity index (χ0) is 18.3. The summed E-state index contributed by atoms with van der Waals surface area (Å²) >= 11 is 0.836. The molecular formula is C16H13FN4O4S. The molecule has 3 heterocycles. The van der Waals surface area contributed by atoms with Crippen molar-refractivity contribution in [1.29, 1.82) is 0 Å². The smallest absolute Gasteiger partial charge is 0.416 e. The molecule has 0 saturated carbocycles. The number of thioether (sulfide) groups is 1. The van der Waals surface area contributed by atoms with Crippen LogP contribution in [0.2, 0.25) is 0 Å². The van der Waals surface area contributed by atoms with Gasteiger partial charge in [0.25, 0.3) is 5.12 Å². The van der Waals surface area contributed by atoms with Crippen LogP contribution in [0, 0.1) is 5.82 Å². The highest BCUT2D eigenvalue weighted by Gasteiger charge is 2.31. The van der Waals surface area contributed by atoms with Gasteiger partial charge in [0, 0.05) is 32.2 Å². The maximum Gasteiger partial charge on any atom is 0.423 e. The lowest BCUT2D eigenvalue weighted by Gasteiger charge is -2.36. The van der Waals surface area contributed by atoms with Gasteiger partial charge in [-0.15, -0.1) is 0 Å². The second-order valence-corrected chi connectivity index (χ2v) is 6.68. The van der Waals surface area contributed by atoms with Crippen molar-refractivity contribution >= 4 is 33.6 Å². The summed E-state index contributed by atoms with van der Waals surface area (Å²) in [4.78, 5) is 41.5. The summed E-state index contributed by atoms with van der Waals surface area (Å²) in [6.45, 7) is 2.08. The van der Waals surface area contributed by atoms with E-state index in [2.05, 4.69) is 9.41 Å². The Bertz CT molecular complexity index is 975. The summed E-state index contributed by atoms with van der Waals surface area (Å²) in [6, 6.07) is 4.55. The number of hydrogen-bond donors (Lipinski definition) is 0. The molecule has 0 spiro atoms. The fraction of sp³-hybridized carbons (Fsp3) is 0.250. The van der Waals surface area contributed by atoms with Gasteiger partial charge in [0.2, 0.25) is 0 Å². The number of anilines is 1. The number of rotatable bonds is 2. The Kier molecular flexibility index (Phi) is 4.11. The van der Waals surface area contributed by atoms with Crippen molar-refractivity contribution in [2.75, 3.05) is 31.1 Å². The molecule has 0 N–H and O–H groups in total. The normalized spacial score (nSPS) is 17.8. The predicted molar refractivity (Wildman–Crippen MR) is 93.1 cm³/mol. The summed E-state index contributed by atoms with van der Waals surface area (Å²) in [5, 5.41) is -0.159. The molecular weight excluding hydrogens is 363 g/mol. The third kappa shape index (κ3) is 2.92. The van der Waals surface area contributed by atoms with Crippen molar-refractivity contribution in [2.24, 2.45) is 4.99 Å². The van der Waals surface area contributed by atoms with E-state index in [4.69, 9.17) is 0 Å². The monoisotopic (exact) mass is 376 g/mol. The molecule has 10 heteroatoms. The van der Waals surface area contributed by atoms with Crippen molar-refractivity contribution in [3.8, 4) is 5.69 Å². The molecule has 1 fully saturated rings. The van der Waals surface area contributed by atoms with Crippen LogP contribution in [0.1, 0.15) is 0 Å². The number of benzene rings is 1. The van der Waals surface area contributed by atoms with Crippen LogP contribution in [0.4, 0.5) is 10.1 Å². The number of nitrogens with zero attached hydrogens (tertiary/aromatic N) is 4. The third-order valence-corrected chi connectivity index (χ3v) is 5.12. The fourth-order valence-electron chi connectivity index (χ4n) is 2.92. The Balaban J connectivity index is 1.47. The number of amides is 1. The lowest BCUT2D eigenvalue weighted by Crippen LogP contribution is -2.48. The zero-order valence-electron chi connectivity index (χ0n) is 13.4. The van der Waals surface area contributed by atoms with Crippen LogP contribution in [-0.4, -0.2) is 51.8 Å². The minimum atomic E-state index is -0.733. The molecule has 0 aliphatic carbocycles. The van der Waals surface area contributed by atoms with Gasteiger partial charge in [0.1, 0.15) is 12.1 Å². The molecule has 0 unspecified atom stereocenters. The van der Waals surface area contributed by atoms with Crippen LogP contribution in [0.5, 0.6) is 0 Å². The summed E-state index contributed by atoms with van der Waals surface area (Å²) in [7, 11) is 0. The van der Waals surface area contributed by atoms with Crippen molar-refractivity contribution in [3.63, 3.8) is 0 Å². The number of aromatic nitrogens is 1. The van der Waals surface area contributed by atoms with E-state index in [9.17, 15) is 18.8 Å². The lowest BCUT2D eigenvalue weighted by atomic mass is 10.2. The van der Waals surface area contributed by atoms with Crippen molar-refractivity contribution in [1.82, 2.24) is 9.47 Å². The molecule has 2 aliphatic rings. The standard InChI is InChI=1S/C16H13FN4O4S/c17-11-9-10(21-7-8-25-16(21)24)1-2-12(11)19-3-5-20(6-4-19)15-18-13(22)14(23)26-15/h1-2,7-9H,3-6H2. The van der Waals surface area contributed by atoms with Gasteiger partial charge >= 0.3 is 11.7 Å². The van der Waals surface area contributed by atoms with Crippen LogP contribution in [0.15, 0.2) is 44.9 Å². The van der Waals surface area contributed by atoms with Gasteiger partial charge in [-0.2, -0.15) is 4.99 Å². The minimum absolute atomic E-state index is 0.386. The number of aliphatic imine (C=N–C) groups is 1. The van der Waals surface area contributed by atoms with Crippen molar-refractivity contribution in [3.05, 3.63) is 47.0 Å². The van der Waals surface area contributed by atoms with Gasteiger partial charge in [-0.25, -0.2) is 13.8 Å². The van der Waals surface area contributed by atoms with Crippen LogP contribution < -0.4 is 10.7 Å². The highest BCUT2D eigenvalue weighted by molar-refractivity contribution is 8.28. The molecule has 134 valence electrons. The number of hydrogen-bond acceptors (Lipinski definition) is 7. The highest BCUT2D eigenvalue weighted by Crippen LogP contribution is 2.25. The van der Waals surface area contributed by atoms with Gasteiger partial charge in [-0.3, -0.25) is 9.59 Å². The van der Waals surface area contributed by atoms with Crippen LogP contribution in [0.25, 0.3) is 5.69 Å². The number of carbonyl (C=O) groups is 2. The summed E-state index contributed by atoms with van der Waals surface area (Å²) < 4.78 is 20.4. The SMILES string of the molecule is O=C1N=C(N2CCN(c3ccc(-n4ccoc4=O)cc3F)CC2)SC1=O. The summed E-state index contributed by atoms with van der Waals surface area (Å²) in [5.74, 6) is -1.75. The second kappa shape index (κ2) is 6.45. The Morgan fingerprint density at radius 1 is 1.08 bits per heavy atom. The fourth-order valence-corrected chi connectivity index (χ4v) is 3.66. The highest BCUT2D eigenvalue weighted by atomic mass is 32.2. The van der Waals surface area contributed by atoms with E-state index >= 15 is 0 Å². The van der Waals surface area contributed by atoms with E-state index in [-0.39, 0.29) is 0 Å². The van der Waals surface area contributed by atoms with Crippen molar-refractivity contribution < 1.29 is 18.4 Å². The van der Waals surface area contributed by atoms with E-state index < -0.39 is 22.6 Å². The van der Waals surface area contributed by atoms with E-state index in [0.29, 0.717) is 42.7 Å². The molecule has 1 saturated heterocycles. The van der Waals surface area contributed by atoms with E-state index in [1.54, 1.807) is 12.1 Å². The molecule has 2 aliphatic heterocycles. The summed E-state index contributed by atoms with van der Waals surface area (Å²) in [5.41, 5.74) is 0.815. The third-order valence-electron chi connectivity index (χ3n) is 4.23. The van der Waals surface area contributed by atoms with E-state index in [0.717, 1.165) is 11.8 Å². The average Bonchev–Trinajstić information content (AvgIpc) is 3.21. The number of carbonyl (C=O) groups excluding carboxylic acids is 2. The van der Waals surface area contributed by atoms with Gasteiger partial charge < -0.3 is 14.2 Å². The average molecular weight is 376 g/mol. The molecule has 0 radical (unpaired) electrons. The first-order valence-electron chi connectivity index (χ1n) is 7.84. The number of amidine groups is 1. The van der Waals surface area contributed by atoms with E-state index in [1.807, 2.05) is 9.80 Å². The number of piperazine rings is 1. The zero-order valence-corrected chi connectivity index (χ0v) is 14.2. The number of halogens is 1. The lowest BCUT2D eigenvalue weighted by molar-refractivity contribution is -0.130. The first-order chi connectivity index (χ1) is 12.5.